The second kappa shape index (κ2) is 9.14. The van der Waals surface area contributed by atoms with Gasteiger partial charge in [-0.15, -0.1) is 0 Å². The van der Waals surface area contributed by atoms with Crippen LogP contribution in [-0.2, 0) is 9.59 Å². The maximum atomic E-state index is 13.6. The molecule has 1 aliphatic rings. The van der Waals surface area contributed by atoms with Crippen LogP contribution in [0.5, 0.6) is 11.5 Å². The molecule has 164 valence electrons. The number of ether oxygens (including phenoxy) is 2. The summed E-state index contributed by atoms with van der Waals surface area (Å²) in [5.74, 6) is 0.719. The Morgan fingerprint density at radius 1 is 0.875 bits per heavy atom. The molecule has 1 aliphatic heterocycles. The first-order chi connectivity index (χ1) is 15.5. The van der Waals surface area contributed by atoms with E-state index < -0.39 is 12.0 Å². The molecule has 0 saturated carbocycles. The first-order valence-corrected chi connectivity index (χ1v) is 10.5. The lowest BCUT2D eigenvalue weighted by Gasteiger charge is -2.30. The molecule has 6 heteroatoms. The predicted molar refractivity (Wildman–Crippen MR) is 124 cm³/mol. The van der Waals surface area contributed by atoms with Gasteiger partial charge in [0.25, 0.3) is 0 Å². The zero-order valence-corrected chi connectivity index (χ0v) is 18.4. The van der Waals surface area contributed by atoms with Crippen molar-refractivity contribution in [3.8, 4) is 11.5 Å². The Hall–Kier alpha value is -3.80. The summed E-state index contributed by atoms with van der Waals surface area (Å²) in [6.45, 7) is 0. The molecule has 1 heterocycles. The summed E-state index contributed by atoms with van der Waals surface area (Å²) in [5.41, 5.74) is 2.41. The van der Waals surface area contributed by atoms with Crippen LogP contribution in [0.25, 0.3) is 0 Å². The van der Waals surface area contributed by atoms with Gasteiger partial charge in [0.05, 0.1) is 26.2 Å². The van der Waals surface area contributed by atoms with Gasteiger partial charge in [0, 0.05) is 24.8 Å². The van der Waals surface area contributed by atoms with E-state index in [-0.39, 0.29) is 18.2 Å². The number of hydrogen-bond acceptors (Lipinski definition) is 4. The molecule has 1 saturated heterocycles. The maximum absolute atomic E-state index is 13.6. The summed E-state index contributed by atoms with van der Waals surface area (Å²) < 4.78 is 10.5. The van der Waals surface area contributed by atoms with Crippen LogP contribution in [0, 0.1) is 5.92 Å². The largest absolute Gasteiger partial charge is 0.497 e. The lowest BCUT2D eigenvalue weighted by molar-refractivity contribution is -0.124. The lowest BCUT2D eigenvalue weighted by Crippen LogP contribution is -2.37. The average Bonchev–Trinajstić information content (AvgIpc) is 3.20. The Bertz CT molecular complexity index is 1080. The summed E-state index contributed by atoms with van der Waals surface area (Å²) in [7, 11) is 4.96. The Morgan fingerprint density at radius 3 is 2.00 bits per heavy atom. The van der Waals surface area contributed by atoms with Gasteiger partial charge in [-0.2, -0.15) is 0 Å². The molecule has 0 N–H and O–H groups in total. The first-order valence-electron chi connectivity index (χ1n) is 10.5. The molecule has 0 aromatic heterocycles. The van der Waals surface area contributed by atoms with Crippen LogP contribution in [0.4, 0.5) is 11.4 Å². The number of carbonyl (C=O) groups is 2. The van der Waals surface area contributed by atoms with E-state index in [0.717, 1.165) is 22.7 Å². The molecule has 0 bridgehead atoms. The van der Waals surface area contributed by atoms with E-state index >= 15 is 0 Å². The minimum Gasteiger partial charge on any atom is -0.497 e. The summed E-state index contributed by atoms with van der Waals surface area (Å²) in [4.78, 5) is 30.1. The van der Waals surface area contributed by atoms with Crippen LogP contribution in [0.2, 0.25) is 0 Å². The van der Waals surface area contributed by atoms with Gasteiger partial charge in [0.15, 0.2) is 0 Å². The van der Waals surface area contributed by atoms with Crippen LogP contribution in [0.3, 0.4) is 0 Å². The Labute approximate surface area is 188 Å². The van der Waals surface area contributed by atoms with Crippen molar-refractivity contribution in [2.24, 2.45) is 5.92 Å². The molecular formula is C26H26N2O4. The number of anilines is 2. The normalized spacial score (nSPS) is 17.8. The second-order valence-electron chi connectivity index (χ2n) is 7.72. The first kappa shape index (κ1) is 21.4. The molecule has 2 atom stereocenters. The van der Waals surface area contributed by atoms with E-state index in [0.29, 0.717) is 5.75 Å². The molecule has 0 spiro atoms. The van der Waals surface area contributed by atoms with Gasteiger partial charge in [-0.1, -0.05) is 30.3 Å². The van der Waals surface area contributed by atoms with Crippen LogP contribution in [0.15, 0.2) is 78.9 Å². The van der Waals surface area contributed by atoms with Crippen molar-refractivity contribution in [1.82, 2.24) is 0 Å². The van der Waals surface area contributed by atoms with Crippen molar-refractivity contribution >= 4 is 23.2 Å². The van der Waals surface area contributed by atoms with E-state index in [2.05, 4.69) is 0 Å². The fraction of sp³-hybridized carbons (Fsp3) is 0.231. The van der Waals surface area contributed by atoms with Gasteiger partial charge in [-0.3, -0.25) is 9.59 Å². The zero-order chi connectivity index (χ0) is 22.7. The number of amides is 2. The highest BCUT2D eigenvalue weighted by Crippen LogP contribution is 2.43. The van der Waals surface area contributed by atoms with Crippen LogP contribution >= 0.6 is 0 Å². The van der Waals surface area contributed by atoms with Crippen LogP contribution in [-0.4, -0.2) is 33.1 Å². The highest BCUT2D eigenvalue weighted by Gasteiger charge is 2.46. The second-order valence-corrected chi connectivity index (χ2v) is 7.72. The van der Waals surface area contributed by atoms with Crippen LogP contribution < -0.4 is 19.3 Å². The number of hydrogen-bond donors (Lipinski definition) is 0. The summed E-state index contributed by atoms with van der Waals surface area (Å²) in [6.07, 6.45) is 0.138. The number of rotatable bonds is 6. The fourth-order valence-corrected chi connectivity index (χ4v) is 4.21. The summed E-state index contributed by atoms with van der Waals surface area (Å²) >= 11 is 0. The van der Waals surface area contributed by atoms with E-state index in [1.54, 1.807) is 31.1 Å². The molecule has 3 aromatic rings. The van der Waals surface area contributed by atoms with Gasteiger partial charge in [-0.05, 0) is 54.1 Å². The van der Waals surface area contributed by atoms with Gasteiger partial charge in [0.2, 0.25) is 11.8 Å². The third-order valence-electron chi connectivity index (χ3n) is 5.92. The minimum absolute atomic E-state index is 0.0872. The molecule has 4 rings (SSSR count). The van der Waals surface area contributed by atoms with E-state index in [1.807, 2.05) is 78.9 Å². The van der Waals surface area contributed by atoms with Crippen LogP contribution in [0.1, 0.15) is 18.0 Å². The van der Waals surface area contributed by atoms with E-state index in [9.17, 15) is 9.59 Å². The highest BCUT2D eigenvalue weighted by molar-refractivity contribution is 6.05. The monoisotopic (exact) mass is 430 g/mol. The summed E-state index contributed by atoms with van der Waals surface area (Å²) in [5, 5.41) is 0. The van der Waals surface area contributed by atoms with Gasteiger partial charge >= 0.3 is 0 Å². The number of benzene rings is 3. The van der Waals surface area contributed by atoms with Gasteiger partial charge in [-0.25, -0.2) is 0 Å². The maximum Gasteiger partial charge on any atom is 0.232 e. The number of para-hydroxylation sites is 1. The molecule has 6 nitrogen and oxygen atoms in total. The fourth-order valence-electron chi connectivity index (χ4n) is 4.21. The quantitative estimate of drug-likeness (QED) is 0.579. The van der Waals surface area contributed by atoms with Crippen molar-refractivity contribution < 1.29 is 19.1 Å². The van der Waals surface area contributed by atoms with Crippen molar-refractivity contribution in [2.45, 2.75) is 12.5 Å². The predicted octanol–water partition coefficient (Wildman–Crippen LogP) is 4.46. The van der Waals surface area contributed by atoms with E-state index in [4.69, 9.17) is 9.47 Å². The highest BCUT2D eigenvalue weighted by atomic mass is 16.5. The van der Waals surface area contributed by atoms with Crippen molar-refractivity contribution in [2.75, 3.05) is 31.1 Å². The smallest absolute Gasteiger partial charge is 0.232 e. The lowest BCUT2D eigenvalue weighted by atomic mass is 9.92. The molecule has 2 amide bonds. The number of methoxy groups -OCH3 is 2. The van der Waals surface area contributed by atoms with Crippen molar-refractivity contribution in [3.05, 3.63) is 84.4 Å². The van der Waals surface area contributed by atoms with Gasteiger partial charge < -0.3 is 19.3 Å². The SMILES string of the molecule is COc1ccc(C2C(C(=O)N(C)c3ccccc3)CC(=O)N2c2ccc(OC)cc2)cc1. The van der Waals surface area contributed by atoms with Gasteiger partial charge in [0.1, 0.15) is 11.5 Å². The molecule has 0 aliphatic carbocycles. The Balaban J connectivity index is 1.74. The molecular weight excluding hydrogens is 404 g/mol. The zero-order valence-electron chi connectivity index (χ0n) is 18.4. The van der Waals surface area contributed by atoms with Crippen molar-refractivity contribution in [1.29, 1.82) is 0 Å². The molecule has 32 heavy (non-hydrogen) atoms. The summed E-state index contributed by atoms with van der Waals surface area (Å²) in [6, 6.07) is 23.9. The molecule has 0 radical (unpaired) electrons. The molecule has 2 unspecified atom stereocenters. The Kier molecular flexibility index (Phi) is 6.12. The molecule has 1 fully saturated rings. The average molecular weight is 431 g/mol. The third-order valence-corrected chi connectivity index (χ3v) is 5.92. The van der Waals surface area contributed by atoms with E-state index in [1.165, 1.54) is 0 Å². The number of carbonyl (C=O) groups excluding carboxylic acids is 2. The standard InChI is InChI=1S/C26H26N2O4/c1-27(19-7-5-4-6-8-19)26(30)23-17-24(29)28(20-11-15-22(32-3)16-12-20)25(23)18-9-13-21(31-2)14-10-18/h4-16,23,25H,17H2,1-3H3. The van der Waals surface area contributed by atoms with Crippen molar-refractivity contribution in [3.63, 3.8) is 0 Å². The third kappa shape index (κ3) is 4.04. The molecule has 3 aromatic carbocycles. The Morgan fingerprint density at radius 2 is 1.44 bits per heavy atom. The number of nitrogens with zero attached hydrogens (tertiary/aromatic N) is 2. The minimum atomic E-state index is -0.525. The topological polar surface area (TPSA) is 59.1 Å².